The minimum absolute atomic E-state index is 0.0304. The summed E-state index contributed by atoms with van der Waals surface area (Å²) in [5, 5.41) is 0. The molecule has 2 aliphatic rings. The predicted molar refractivity (Wildman–Crippen MR) is 77.1 cm³/mol. The van der Waals surface area contributed by atoms with Gasteiger partial charge in [0.15, 0.2) is 5.79 Å². The SMILES string of the molecule is CS(=O)(=O)OCC1CC(COS(C)(=O)=O)CC2(C1)OCCO2. The number of hydrogen-bond donors (Lipinski definition) is 0. The quantitative estimate of drug-likeness (QED) is 0.616. The van der Waals surface area contributed by atoms with Crippen molar-refractivity contribution in [2.45, 2.75) is 25.0 Å². The van der Waals surface area contributed by atoms with Crippen molar-refractivity contribution in [3.63, 3.8) is 0 Å². The smallest absolute Gasteiger partial charge is 0.264 e. The summed E-state index contributed by atoms with van der Waals surface area (Å²) < 4.78 is 65.6. The average molecular weight is 358 g/mol. The normalized spacial score (nSPS) is 29.0. The molecule has 1 saturated heterocycles. The van der Waals surface area contributed by atoms with Crippen LogP contribution in [-0.4, -0.2) is 61.6 Å². The summed E-state index contributed by atoms with van der Waals surface area (Å²) in [5.74, 6) is -0.987. The monoisotopic (exact) mass is 358 g/mol. The summed E-state index contributed by atoms with van der Waals surface area (Å²) in [7, 11) is -7.04. The minimum atomic E-state index is -3.52. The van der Waals surface area contributed by atoms with Crippen LogP contribution >= 0.6 is 0 Å². The average Bonchev–Trinajstić information content (AvgIpc) is 2.80. The zero-order chi connectivity index (χ0) is 16.4. The first-order valence-electron chi connectivity index (χ1n) is 7.04. The Bertz CT molecular complexity index is 530. The van der Waals surface area contributed by atoms with E-state index < -0.39 is 26.0 Å². The summed E-state index contributed by atoms with van der Waals surface area (Å²) in [4.78, 5) is 0. The van der Waals surface area contributed by atoms with Gasteiger partial charge in [0.25, 0.3) is 20.2 Å². The van der Waals surface area contributed by atoms with E-state index in [-0.39, 0.29) is 25.0 Å². The summed E-state index contributed by atoms with van der Waals surface area (Å²) in [6.45, 7) is 1.00. The van der Waals surface area contributed by atoms with E-state index in [0.29, 0.717) is 32.5 Å². The van der Waals surface area contributed by atoms with Gasteiger partial charge in [-0.1, -0.05) is 0 Å². The highest BCUT2D eigenvalue weighted by Crippen LogP contribution is 2.42. The maximum atomic E-state index is 11.1. The van der Waals surface area contributed by atoms with Crippen LogP contribution in [0.3, 0.4) is 0 Å². The molecule has 1 heterocycles. The van der Waals surface area contributed by atoms with E-state index in [0.717, 1.165) is 12.5 Å². The summed E-state index contributed by atoms with van der Waals surface area (Å²) in [6, 6.07) is 0. The Morgan fingerprint density at radius 1 is 0.909 bits per heavy atom. The van der Waals surface area contributed by atoms with Gasteiger partial charge in [0.05, 0.1) is 38.9 Å². The van der Waals surface area contributed by atoms with Crippen LogP contribution in [0.25, 0.3) is 0 Å². The molecule has 10 heteroatoms. The predicted octanol–water partition coefficient (Wildman–Crippen LogP) is 0.0982. The van der Waals surface area contributed by atoms with Gasteiger partial charge in [0, 0.05) is 12.8 Å². The van der Waals surface area contributed by atoms with Crippen molar-refractivity contribution in [1.29, 1.82) is 0 Å². The molecule has 2 rings (SSSR count). The molecule has 1 saturated carbocycles. The molecule has 1 spiro atoms. The first-order chi connectivity index (χ1) is 10.1. The number of rotatable bonds is 6. The van der Waals surface area contributed by atoms with Crippen molar-refractivity contribution >= 4 is 20.2 Å². The third kappa shape index (κ3) is 5.74. The number of hydrogen-bond acceptors (Lipinski definition) is 8. The van der Waals surface area contributed by atoms with Crippen LogP contribution in [0, 0.1) is 11.8 Å². The highest BCUT2D eigenvalue weighted by Gasteiger charge is 2.45. The Balaban J connectivity index is 2.01. The molecule has 1 aliphatic heterocycles. The molecule has 130 valence electrons. The fraction of sp³-hybridized carbons (Fsp3) is 1.00. The second-order valence-electron chi connectivity index (χ2n) is 5.96. The first-order valence-corrected chi connectivity index (χ1v) is 10.7. The molecule has 2 unspecified atom stereocenters. The lowest BCUT2D eigenvalue weighted by Crippen LogP contribution is -2.43. The molecule has 1 aliphatic carbocycles. The van der Waals surface area contributed by atoms with Gasteiger partial charge >= 0.3 is 0 Å². The molecule has 2 fully saturated rings. The maximum absolute atomic E-state index is 11.1. The highest BCUT2D eigenvalue weighted by molar-refractivity contribution is 7.86. The molecule has 8 nitrogen and oxygen atoms in total. The third-order valence-corrected chi connectivity index (χ3v) is 4.84. The van der Waals surface area contributed by atoms with E-state index >= 15 is 0 Å². The van der Waals surface area contributed by atoms with Crippen molar-refractivity contribution < 1.29 is 34.7 Å². The fourth-order valence-corrected chi connectivity index (χ4v) is 3.91. The van der Waals surface area contributed by atoms with Crippen LogP contribution in [0.4, 0.5) is 0 Å². The number of ether oxygens (including phenoxy) is 2. The maximum Gasteiger partial charge on any atom is 0.264 e. The van der Waals surface area contributed by atoms with E-state index in [1.165, 1.54) is 0 Å². The van der Waals surface area contributed by atoms with Crippen LogP contribution in [0.1, 0.15) is 19.3 Å². The van der Waals surface area contributed by atoms with Crippen LogP contribution in [0.5, 0.6) is 0 Å². The largest absolute Gasteiger partial charge is 0.348 e. The van der Waals surface area contributed by atoms with Crippen molar-refractivity contribution in [2.24, 2.45) is 11.8 Å². The minimum Gasteiger partial charge on any atom is -0.348 e. The fourth-order valence-electron chi connectivity index (χ4n) is 3.03. The first kappa shape index (κ1) is 18.1. The molecule has 2 atom stereocenters. The zero-order valence-corrected chi connectivity index (χ0v) is 14.3. The lowest BCUT2D eigenvalue weighted by molar-refractivity contribution is -0.201. The summed E-state index contributed by atoms with van der Waals surface area (Å²) in [6.07, 6.45) is 3.64. The highest BCUT2D eigenvalue weighted by atomic mass is 32.2. The van der Waals surface area contributed by atoms with Crippen LogP contribution in [-0.2, 0) is 38.1 Å². The van der Waals surface area contributed by atoms with Crippen LogP contribution < -0.4 is 0 Å². The van der Waals surface area contributed by atoms with E-state index in [1.54, 1.807) is 0 Å². The molecule has 0 N–H and O–H groups in total. The van der Waals surface area contributed by atoms with Gasteiger partial charge in [-0.15, -0.1) is 0 Å². The van der Waals surface area contributed by atoms with Crippen molar-refractivity contribution in [3.8, 4) is 0 Å². The molecule has 0 aromatic heterocycles. The van der Waals surface area contributed by atoms with Crippen molar-refractivity contribution in [3.05, 3.63) is 0 Å². The van der Waals surface area contributed by atoms with E-state index in [2.05, 4.69) is 0 Å². The van der Waals surface area contributed by atoms with Gasteiger partial charge in [-0.2, -0.15) is 16.8 Å². The molecule has 22 heavy (non-hydrogen) atoms. The second kappa shape index (κ2) is 6.70. The topological polar surface area (TPSA) is 105 Å². The summed E-state index contributed by atoms with van der Waals surface area (Å²) in [5.41, 5.74) is 0. The van der Waals surface area contributed by atoms with Gasteiger partial charge in [-0.3, -0.25) is 8.37 Å². The van der Waals surface area contributed by atoms with E-state index in [1.807, 2.05) is 0 Å². The Hall–Kier alpha value is -0.260. The molecule has 0 amide bonds. The van der Waals surface area contributed by atoms with E-state index in [4.69, 9.17) is 17.8 Å². The lowest BCUT2D eigenvalue weighted by Gasteiger charge is -2.40. The van der Waals surface area contributed by atoms with E-state index in [9.17, 15) is 16.8 Å². The van der Waals surface area contributed by atoms with Crippen molar-refractivity contribution in [1.82, 2.24) is 0 Å². The van der Waals surface area contributed by atoms with Crippen LogP contribution in [0.15, 0.2) is 0 Å². The summed E-state index contributed by atoms with van der Waals surface area (Å²) >= 11 is 0. The van der Waals surface area contributed by atoms with Gasteiger partial charge in [-0.05, 0) is 18.3 Å². The second-order valence-corrected chi connectivity index (χ2v) is 9.25. The molecular weight excluding hydrogens is 336 g/mol. The lowest BCUT2D eigenvalue weighted by atomic mass is 9.78. The zero-order valence-electron chi connectivity index (χ0n) is 12.7. The Kier molecular flexibility index (Phi) is 5.50. The third-order valence-electron chi connectivity index (χ3n) is 3.72. The Morgan fingerprint density at radius 3 is 1.68 bits per heavy atom. The molecule has 0 radical (unpaired) electrons. The van der Waals surface area contributed by atoms with Gasteiger partial charge < -0.3 is 9.47 Å². The Morgan fingerprint density at radius 2 is 1.32 bits per heavy atom. The van der Waals surface area contributed by atoms with Crippen molar-refractivity contribution in [2.75, 3.05) is 38.9 Å². The molecular formula is C12H22O8S2. The molecule has 0 aromatic rings. The van der Waals surface area contributed by atoms with Crippen LogP contribution in [0.2, 0.25) is 0 Å². The van der Waals surface area contributed by atoms with Gasteiger partial charge in [-0.25, -0.2) is 0 Å². The molecule has 0 bridgehead atoms. The Labute approximate surface area is 131 Å². The van der Waals surface area contributed by atoms with Gasteiger partial charge in [0.2, 0.25) is 0 Å². The standard InChI is InChI=1S/C12H22O8S2/c1-21(13,14)19-8-10-5-11(9-20-22(2,15)16)7-12(6-10)17-3-4-18-12/h10-11H,3-9H2,1-2H3. The van der Waals surface area contributed by atoms with Gasteiger partial charge in [0.1, 0.15) is 0 Å². The molecule has 0 aromatic carbocycles.